The molecule has 8 N–H and O–H groups in total. The molecule has 0 aromatic heterocycles. The van der Waals surface area contributed by atoms with Crippen LogP contribution >= 0.6 is 0 Å². The van der Waals surface area contributed by atoms with Gasteiger partial charge in [0.1, 0.15) is 0 Å². The van der Waals surface area contributed by atoms with E-state index in [1.807, 2.05) is 43.4 Å². The quantitative estimate of drug-likeness (QED) is 0.0821. The first-order valence-electron chi connectivity index (χ1n) is 17.4. The zero-order chi connectivity index (χ0) is 35.2. The summed E-state index contributed by atoms with van der Waals surface area (Å²) >= 11 is 0. The number of nitrogens with two attached hydrogens (primary N) is 2. The van der Waals surface area contributed by atoms with Gasteiger partial charge in [0.15, 0.2) is 5.78 Å². The number of carbonyl (C=O) groups is 1. The second-order valence-electron chi connectivity index (χ2n) is 14.5. The molecule has 0 bridgehead atoms. The molecule has 3 aliphatic rings. The van der Waals surface area contributed by atoms with E-state index in [0.29, 0.717) is 43.3 Å². The predicted octanol–water partition coefficient (Wildman–Crippen LogP) is 5.28. The largest absolute Gasteiger partial charge is 0.396 e. The molecule has 0 saturated heterocycles. The lowest BCUT2D eigenvalue weighted by Crippen LogP contribution is -2.61. The van der Waals surface area contributed by atoms with Gasteiger partial charge in [-0.05, 0) is 112 Å². The minimum absolute atomic E-state index is 0.0386. The van der Waals surface area contributed by atoms with Crippen molar-refractivity contribution in [1.29, 1.82) is 0 Å². The molecule has 2 saturated carbocycles. The van der Waals surface area contributed by atoms with Crippen molar-refractivity contribution < 1.29 is 25.2 Å². The molecule has 4 rings (SSSR count). The van der Waals surface area contributed by atoms with E-state index in [4.69, 9.17) is 11.5 Å². The Labute approximate surface area is 287 Å². The maximum absolute atomic E-state index is 14.1. The molecular weight excluding hydrogens is 600 g/mol. The van der Waals surface area contributed by atoms with Crippen molar-refractivity contribution in [3.63, 3.8) is 0 Å². The van der Waals surface area contributed by atoms with Crippen molar-refractivity contribution in [2.24, 2.45) is 34.6 Å². The van der Waals surface area contributed by atoms with Crippen LogP contribution in [0.3, 0.4) is 0 Å². The van der Waals surface area contributed by atoms with Crippen LogP contribution in [0, 0.1) is 35.0 Å². The van der Waals surface area contributed by atoms with Gasteiger partial charge >= 0.3 is 0 Å². The number of ketones is 1. The van der Waals surface area contributed by atoms with Crippen molar-refractivity contribution in [1.82, 2.24) is 0 Å². The highest BCUT2D eigenvalue weighted by molar-refractivity contribution is 5.97. The molecule has 0 aliphatic heterocycles. The summed E-state index contributed by atoms with van der Waals surface area (Å²) in [6.07, 6.45) is 10.8. The Morgan fingerprint density at radius 2 is 1.98 bits per heavy atom. The van der Waals surface area contributed by atoms with Crippen LogP contribution in [0.2, 0.25) is 0 Å². The summed E-state index contributed by atoms with van der Waals surface area (Å²) in [5, 5.41) is 45.2. The number of hydrogen-bond acceptors (Lipinski definition) is 7. The number of Topliss-reactive ketones (excluding diaryl/α,β-unsaturated/α-hetero) is 1. The van der Waals surface area contributed by atoms with Crippen LogP contribution in [0.25, 0.3) is 0 Å². The van der Waals surface area contributed by atoms with Gasteiger partial charge in [-0.3, -0.25) is 4.79 Å². The van der Waals surface area contributed by atoms with Crippen molar-refractivity contribution in [2.75, 3.05) is 13.2 Å². The van der Waals surface area contributed by atoms with Crippen LogP contribution in [0.5, 0.6) is 0 Å². The monoisotopic (exact) mass is 656 g/mol. The first-order valence-corrected chi connectivity index (χ1v) is 17.4. The number of fused-ring (bicyclic) bond motifs is 2. The van der Waals surface area contributed by atoms with E-state index in [0.717, 1.165) is 40.7 Å². The first kappa shape index (κ1) is 37.7. The standard InChI is InChI=1S/C41H56N2O5/c1-26(2)11-6-12-27(3)13-7-16-31(25-45)33-20-21-41(38(33)47)35(19-10-22-44)37-28(4)36(46)23-29-14-8-18-34(39(42)43)32(29)17-9-15-30(37)24-40(41,5)48/h7-8,11,13-14,16,18,30,33,35,38-39,44-45,47-48H,3,6,10,12,17,19-25,42-43H2,1-2,4-5H3/b13-7+,31-16-,37-28+/t30-,33+,35+,38+,40+,41+/m0/s1. The number of rotatable bonds is 11. The van der Waals surface area contributed by atoms with Gasteiger partial charge in [-0.15, -0.1) is 0 Å². The molecule has 0 amide bonds. The molecule has 0 radical (unpaired) electrons. The molecule has 7 nitrogen and oxygen atoms in total. The summed E-state index contributed by atoms with van der Waals surface area (Å²) in [5.74, 6) is 5.54. The van der Waals surface area contributed by atoms with Gasteiger partial charge < -0.3 is 31.9 Å². The van der Waals surface area contributed by atoms with Crippen LogP contribution in [0.4, 0.5) is 0 Å². The lowest BCUT2D eigenvalue weighted by atomic mass is 9.50. The summed E-state index contributed by atoms with van der Waals surface area (Å²) in [4.78, 5) is 14.1. The highest BCUT2D eigenvalue weighted by Gasteiger charge is 2.65. The van der Waals surface area contributed by atoms with Crippen molar-refractivity contribution in [2.45, 2.75) is 103 Å². The number of carbonyl (C=O) groups excluding carboxylic acids is 1. The van der Waals surface area contributed by atoms with E-state index < -0.39 is 35.1 Å². The Morgan fingerprint density at radius 1 is 1.23 bits per heavy atom. The van der Waals surface area contributed by atoms with E-state index in [1.165, 1.54) is 5.57 Å². The Balaban J connectivity index is 1.75. The van der Waals surface area contributed by atoms with Crippen molar-refractivity contribution >= 4 is 5.78 Å². The molecule has 2 fully saturated rings. The smallest absolute Gasteiger partial charge is 0.162 e. The Bertz CT molecular complexity index is 1550. The molecule has 0 heterocycles. The molecule has 260 valence electrons. The Hall–Kier alpha value is -3.09. The molecule has 3 aliphatic carbocycles. The highest BCUT2D eigenvalue weighted by Crippen LogP contribution is 2.64. The summed E-state index contributed by atoms with van der Waals surface area (Å²) in [7, 11) is 0. The molecule has 48 heavy (non-hydrogen) atoms. The van der Waals surface area contributed by atoms with Gasteiger partial charge in [0, 0.05) is 36.7 Å². The maximum atomic E-state index is 14.1. The van der Waals surface area contributed by atoms with Gasteiger partial charge in [0.2, 0.25) is 0 Å². The van der Waals surface area contributed by atoms with Crippen LogP contribution in [-0.2, 0) is 17.6 Å². The number of allylic oxidation sites excluding steroid dienone is 8. The molecule has 1 aromatic carbocycles. The summed E-state index contributed by atoms with van der Waals surface area (Å²) < 4.78 is 0. The fraction of sp³-hybridized carbons (Fsp3) is 0.537. The topological polar surface area (TPSA) is 150 Å². The van der Waals surface area contributed by atoms with Gasteiger partial charge in [-0.1, -0.05) is 72.1 Å². The van der Waals surface area contributed by atoms with Gasteiger partial charge in [0.25, 0.3) is 0 Å². The third-order valence-corrected chi connectivity index (χ3v) is 11.1. The zero-order valence-electron chi connectivity index (χ0n) is 29.3. The molecule has 6 atom stereocenters. The third-order valence-electron chi connectivity index (χ3n) is 11.1. The van der Waals surface area contributed by atoms with E-state index in [-0.39, 0.29) is 37.8 Å². The predicted molar refractivity (Wildman–Crippen MR) is 192 cm³/mol. The third kappa shape index (κ3) is 7.70. The molecule has 0 unspecified atom stereocenters. The van der Waals surface area contributed by atoms with Gasteiger partial charge in [-0.2, -0.15) is 0 Å². The van der Waals surface area contributed by atoms with E-state index in [1.54, 1.807) is 6.92 Å². The minimum atomic E-state index is -1.34. The second kappa shape index (κ2) is 16.1. The maximum Gasteiger partial charge on any atom is 0.162 e. The first-order chi connectivity index (χ1) is 22.8. The Morgan fingerprint density at radius 3 is 2.65 bits per heavy atom. The number of aliphatic hydroxyl groups excluding tert-OH is 3. The summed E-state index contributed by atoms with van der Waals surface area (Å²) in [6, 6.07) is 5.67. The van der Waals surface area contributed by atoms with Crippen LogP contribution in [0.15, 0.2) is 76.9 Å². The fourth-order valence-electron chi connectivity index (χ4n) is 8.68. The number of aliphatic hydroxyl groups is 4. The molecular formula is C41H56N2O5. The van der Waals surface area contributed by atoms with E-state index in [9.17, 15) is 25.2 Å². The normalized spacial score (nSPS) is 30.6. The lowest BCUT2D eigenvalue weighted by Gasteiger charge is -2.57. The average Bonchev–Trinajstić information content (AvgIpc) is 3.37. The van der Waals surface area contributed by atoms with Crippen molar-refractivity contribution in [3.05, 3.63) is 93.6 Å². The molecule has 7 heteroatoms. The molecule has 1 spiro atoms. The van der Waals surface area contributed by atoms with Crippen molar-refractivity contribution in [3.8, 4) is 11.8 Å². The van der Waals surface area contributed by atoms with Gasteiger partial charge in [0.05, 0.1) is 24.5 Å². The lowest BCUT2D eigenvalue weighted by molar-refractivity contribution is -0.173. The minimum Gasteiger partial charge on any atom is -0.396 e. The fourth-order valence-corrected chi connectivity index (χ4v) is 8.68. The summed E-state index contributed by atoms with van der Waals surface area (Å²) in [6.45, 7) is 11.7. The Kier molecular flexibility index (Phi) is 12.6. The van der Waals surface area contributed by atoms with Crippen LogP contribution < -0.4 is 11.5 Å². The van der Waals surface area contributed by atoms with Crippen LogP contribution in [-0.4, -0.2) is 51.1 Å². The highest BCUT2D eigenvalue weighted by atomic mass is 16.3. The van der Waals surface area contributed by atoms with Gasteiger partial charge in [-0.25, -0.2) is 0 Å². The molecule has 1 aromatic rings. The average molecular weight is 657 g/mol. The number of benzene rings is 1. The second-order valence-corrected chi connectivity index (χ2v) is 14.5. The van der Waals surface area contributed by atoms with E-state index >= 15 is 0 Å². The zero-order valence-corrected chi connectivity index (χ0v) is 29.3. The van der Waals surface area contributed by atoms with E-state index in [2.05, 4.69) is 38.3 Å². The number of hydrogen-bond donors (Lipinski definition) is 6. The SMILES string of the molecule is C=C(/C=C/C=C(/CO)[C@H]1CC[C@@]2([C@H](CCCO)/C3=C(\C)C(=O)Cc4cccc(C(N)N)c4CC#C[C@H]3C[C@@]2(C)O)[C@@H]1O)CCC=C(C)C. The van der Waals surface area contributed by atoms with Crippen LogP contribution in [0.1, 0.15) is 95.5 Å². The summed E-state index contributed by atoms with van der Waals surface area (Å²) in [5.41, 5.74) is 16.7.